The Hall–Kier alpha value is -2.64. The minimum Gasteiger partial charge on any atom is -0.870 e. The molecule has 1 fully saturated rings. The second-order valence-corrected chi connectivity index (χ2v) is 8.92. The van der Waals surface area contributed by atoms with Gasteiger partial charge in [-0.2, -0.15) is 0 Å². The van der Waals surface area contributed by atoms with E-state index < -0.39 is 12.0 Å². The highest BCUT2D eigenvalue weighted by Gasteiger charge is 2.53. The standard InChI is InChI=1S/C17H19N7O3S2.H2O/c1-9-6-22(2)5-4-11(9)18-12-14(25)24-13(16(26)27)10(7-28-15(12)24)8-29-17-19-20-21-23(17)3;/h4-6,12,15H,7-8H2,1-3H3,(H,26,27);1H2/t12-,15?;/m0./s1. The predicted molar refractivity (Wildman–Crippen MR) is 109 cm³/mol. The molecule has 30 heavy (non-hydrogen) atoms. The van der Waals surface area contributed by atoms with Crippen LogP contribution in [0.4, 0.5) is 5.69 Å². The number of carboxylic acids is 1. The van der Waals surface area contributed by atoms with Crippen LogP contribution in [0.5, 0.6) is 0 Å². The molecule has 3 N–H and O–H groups in total. The van der Waals surface area contributed by atoms with Gasteiger partial charge in [0.25, 0.3) is 5.91 Å². The molecule has 0 aliphatic carbocycles. The molecule has 2 aliphatic rings. The number of nitrogens with one attached hydrogen (secondary N) is 1. The number of carbonyl (C=O) groups is 2. The topological polar surface area (TPSA) is 147 Å². The first-order valence-corrected chi connectivity index (χ1v) is 10.9. The molecule has 1 amide bonds. The minimum absolute atomic E-state index is 0. The number of aromatic nitrogens is 5. The van der Waals surface area contributed by atoms with Crippen LogP contribution in [-0.2, 0) is 23.7 Å². The molecular formula is C17H21N7O4S2. The molecule has 160 valence electrons. The molecule has 0 radical (unpaired) electrons. The minimum atomic E-state index is -1.09. The van der Waals surface area contributed by atoms with Crippen LogP contribution in [0, 0.1) is 6.92 Å². The Morgan fingerprint density at radius 2 is 2.27 bits per heavy atom. The number of carbonyl (C=O) groups excluding carboxylic acids is 1. The fraction of sp³-hybridized carbons (Fsp3) is 0.412. The lowest BCUT2D eigenvalue weighted by Crippen LogP contribution is -2.67. The predicted octanol–water partition coefficient (Wildman–Crippen LogP) is -0.00718. The fourth-order valence-electron chi connectivity index (χ4n) is 3.36. The fourth-order valence-corrected chi connectivity index (χ4v) is 5.70. The lowest BCUT2D eigenvalue weighted by atomic mass is 10.0. The van der Waals surface area contributed by atoms with Crippen molar-refractivity contribution in [2.45, 2.75) is 23.5 Å². The van der Waals surface area contributed by atoms with Crippen LogP contribution in [0.3, 0.4) is 0 Å². The summed E-state index contributed by atoms with van der Waals surface area (Å²) >= 11 is 2.92. The Morgan fingerprint density at radius 3 is 2.90 bits per heavy atom. The lowest BCUT2D eigenvalue weighted by molar-refractivity contribution is -0.671. The summed E-state index contributed by atoms with van der Waals surface area (Å²) in [6, 6.07) is 1.47. The van der Waals surface area contributed by atoms with Gasteiger partial charge < -0.3 is 15.9 Å². The van der Waals surface area contributed by atoms with Gasteiger partial charge in [-0.15, -0.1) is 16.9 Å². The van der Waals surface area contributed by atoms with Crippen molar-refractivity contribution in [1.82, 2.24) is 25.1 Å². The van der Waals surface area contributed by atoms with Crippen molar-refractivity contribution < 1.29 is 24.7 Å². The first-order valence-electron chi connectivity index (χ1n) is 8.84. The van der Waals surface area contributed by atoms with Gasteiger partial charge in [-0.25, -0.2) is 14.0 Å². The summed E-state index contributed by atoms with van der Waals surface area (Å²) < 4.78 is 3.47. The van der Waals surface area contributed by atoms with Crippen LogP contribution in [0.25, 0.3) is 0 Å². The highest BCUT2D eigenvalue weighted by atomic mass is 32.2. The van der Waals surface area contributed by atoms with Crippen molar-refractivity contribution in [3.05, 3.63) is 35.3 Å². The third-order valence-electron chi connectivity index (χ3n) is 4.82. The van der Waals surface area contributed by atoms with Crippen LogP contribution in [-0.4, -0.2) is 70.5 Å². The van der Waals surface area contributed by atoms with Crippen LogP contribution in [0.15, 0.2) is 34.9 Å². The summed E-state index contributed by atoms with van der Waals surface area (Å²) in [5.74, 6) is -0.368. The second-order valence-electron chi connectivity index (χ2n) is 6.87. The Morgan fingerprint density at radius 1 is 1.50 bits per heavy atom. The number of pyridine rings is 1. The smallest absolute Gasteiger partial charge is 0.352 e. The number of carboxylic acid groups (broad SMARTS) is 1. The van der Waals surface area contributed by atoms with E-state index in [2.05, 4.69) is 20.8 Å². The second kappa shape index (κ2) is 8.62. The molecular weight excluding hydrogens is 430 g/mol. The Bertz CT molecular complexity index is 1030. The molecule has 0 bridgehead atoms. The molecule has 2 aliphatic heterocycles. The summed E-state index contributed by atoms with van der Waals surface area (Å²) in [4.78, 5) is 26.2. The van der Waals surface area contributed by atoms with Gasteiger partial charge in [0.15, 0.2) is 12.4 Å². The Balaban J connectivity index is 0.00000256. The Kier molecular flexibility index (Phi) is 6.33. The summed E-state index contributed by atoms with van der Waals surface area (Å²) in [5, 5.41) is 24.7. The molecule has 0 spiro atoms. The summed E-state index contributed by atoms with van der Waals surface area (Å²) in [7, 11) is 3.66. The van der Waals surface area contributed by atoms with E-state index in [4.69, 9.17) is 0 Å². The molecule has 0 aromatic carbocycles. The number of thioether (sulfide) groups is 2. The van der Waals surface area contributed by atoms with Gasteiger partial charge in [0.05, 0.1) is 0 Å². The van der Waals surface area contributed by atoms with E-state index in [9.17, 15) is 14.7 Å². The van der Waals surface area contributed by atoms with Crippen molar-refractivity contribution >= 4 is 41.1 Å². The number of amides is 1. The van der Waals surface area contributed by atoms with E-state index in [1.165, 1.54) is 21.3 Å². The zero-order valence-electron chi connectivity index (χ0n) is 16.5. The van der Waals surface area contributed by atoms with Gasteiger partial charge in [0.2, 0.25) is 5.16 Å². The van der Waals surface area contributed by atoms with Gasteiger partial charge in [-0.05, 0) is 22.9 Å². The molecule has 2 aromatic rings. The lowest BCUT2D eigenvalue weighted by Gasteiger charge is -2.49. The quantitative estimate of drug-likeness (QED) is 0.349. The average molecular weight is 452 g/mol. The highest BCUT2D eigenvalue weighted by Crippen LogP contribution is 2.42. The van der Waals surface area contributed by atoms with Gasteiger partial charge in [-0.3, -0.25) is 9.69 Å². The van der Waals surface area contributed by atoms with E-state index in [-0.39, 0.29) is 22.5 Å². The highest BCUT2D eigenvalue weighted by molar-refractivity contribution is 8.01. The number of hydrogen-bond acceptors (Lipinski definition) is 9. The zero-order chi connectivity index (χ0) is 20.7. The van der Waals surface area contributed by atoms with Crippen LogP contribution in [0.1, 0.15) is 5.56 Å². The normalized spacial score (nSPS) is 20.4. The molecule has 1 saturated heterocycles. The number of nitrogens with zero attached hydrogens (tertiary/aromatic N) is 6. The average Bonchev–Trinajstić information content (AvgIpc) is 3.09. The SMILES string of the molecule is Cc1c[n+](C)ccc1N[C@H]1C(=O)N2C(C(=O)O)=C(CSc3nnnn3C)CSC12.[OH-]. The van der Waals surface area contributed by atoms with E-state index >= 15 is 0 Å². The monoisotopic (exact) mass is 451 g/mol. The largest absolute Gasteiger partial charge is 0.870 e. The van der Waals surface area contributed by atoms with E-state index in [0.29, 0.717) is 22.2 Å². The summed E-state index contributed by atoms with van der Waals surface area (Å²) in [6.07, 6.45) is 3.87. The first kappa shape index (κ1) is 22.1. The molecule has 4 rings (SSSR count). The molecule has 2 atom stereocenters. The maximum Gasteiger partial charge on any atom is 0.352 e. The van der Waals surface area contributed by atoms with Crippen molar-refractivity contribution in [1.29, 1.82) is 0 Å². The number of rotatable bonds is 6. The number of aliphatic carboxylic acids is 1. The van der Waals surface area contributed by atoms with Crippen molar-refractivity contribution in [2.24, 2.45) is 14.1 Å². The molecule has 2 aromatic heterocycles. The third-order valence-corrected chi connectivity index (χ3v) is 7.25. The third kappa shape index (κ3) is 3.87. The molecule has 1 unspecified atom stereocenters. The molecule has 11 nitrogen and oxygen atoms in total. The number of β-lactam (4-membered cyclic amide) rings is 1. The van der Waals surface area contributed by atoms with Crippen molar-refractivity contribution in [2.75, 3.05) is 16.8 Å². The van der Waals surface area contributed by atoms with Crippen LogP contribution >= 0.6 is 23.5 Å². The summed E-state index contributed by atoms with van der Waals surface area (Å²) in [5.41, 5.74) is 2.67. The maximum atomic E-state index is 12.8. The van der Waals surface area contributed by atoms with Crippen LogP contribution < -0.4 is 9.88 Å². The van der Waals surface area contributed by atoms with Gasteiger partial charge >= 0.3 is 5.97 Å². The first-order chi connectivity index (χ1) is 13.9. The van der Waals surface area contributed by atoms with Crippen molar-refractivity contribution in [3.8, 4) is 0 Å². The van der Waals surface area contributed by atoms with Gasteiger partial charge in [-0.1, -0.05) is 11.8 Å². The number of aryl methyl sites for hydroxylation is 3. The van der Waals surface area contributed by atoms with E-state index in [0.717, 1.165) is 11.3 Å². The molecule has 0 saturated carbocycles. The van der Waals surface area contributed by atoms with Crippen LogP contribution in [0.2, 0.25) is 0 Å². The maximum absolute atomic E-state index is 12.8. The van der Waals surface area contributed by atoms with Crippen molar-refractivity contribution in [3.63, 3.8) is 0 Å². The number of anilines is 1. The summed E-state index contributed by atoms with van der Waals surface area (Å²) in [6.45, 7) is 1.97. The number of hydrogen-bond donors (Lipinski definition) is 2. The molecule has 4 heterocycles. The number of tetrazole rings is 1. The zero-order valence-corrected chi connectivity index (χ0v) is 18.1. The van der Waals surface area contributed by atoms with E-state index in [1.54, 1.807) is 18.8 Å². The van der Waals surface area contributed by atoms with E-state index in [1.807, 2.05) is 37.0 Å². The van der Waals surface area contributed by atoms with Gasteiger partial charge in [0, 0.05) is 35.9 Å². The van der Waals surface area contributed by atoms with Gasteiger partial charge in [0.1, 0.15) is 24.2 Å². The Labute approximate surface area is 180 Å². The number of fused-ring (bicyclic) bond motifs is 1. The molecule has 13 heteroatoms.